The van der Waals surface area contributed by atoms with Crippen molar-refractivity contribution in [2.45, 2.75) is 0 Å². The largest absolute Gasteiger partial charge is 0.482 e. The number of morpholine rings is 1. The predicted octanol–water partition coefficient (Wildman–Crippen LogP) is 3.42. The van der Waals surface area contributed by atoms with E-state index in [0.29, 0.717) is 15.8 Å². The van der Waals surface area contributed by atoms with Gasteiger partial charge in [-0.15, -0.1) is 11.3 Å². The van der Waals surface area contributed by atoms with E-state index in [0.717, 1.165) is 31.2 Å². The van der Waals surface area contributed by atoms with E-state index in [2.05, 4.69) is 15.4 Å². The first kappa shape index (κ1) is 19.0. The number of halogens is 2. The molecular weight excluding hydrogens is 397 g/mol. The van der Waals surface area contributed by atoms with Gasteiger partial charge in [-0.3, -0.25) is 4.79 Å². The highest BCUT2D eigenvalue weighted by molar-refractivity contribution is 7.17. The molecule has 2 aromatic rings. The van der Waals surface area contributed by atoms with Crippen molar-refractivity contribution in [1.29, 1.82) is 0 Å². The fourth-order valence-electron chi connectivity index (χ4n) is 2.30. The summed E-state index contributed by atoms with van der Waals surface area (Å²) in [4.78, 5) is 15.0. The van der Waals surface area contributed by atoms with Gasteiger partial charge in [0.05, 0.1) is 29.5 Å². The minimum atomic E-state index is -0.378. The molecule has 1 aromatic carbocycles. The Morgan fingerprint density at radius 1 is 1.31 bits per heavy atom. The molecule has 1 aliphatic heterocycles. The maximum Gasteiger partial charge on any atom is 0.277 e. The Labute approximate surface area is 165 Å². The van der Waals surface area contributed by atoms with Crippen LogP contribution in [0.5, 0.6) is 5.75 Å². The Hall–Kier alpha value is -1.80. The molecule has 0 bridgehead atoms. The number of ether oxygens (including phenoxy) is 2. The Kier molecular flexibility index (Phi) is 6.73. The number of carbonyl (C=O) groups is 1. The van der Waals surface area contributed by atoms with Gasteiger partial charge in [0.25, 0.3) is 5.91 Å². The molecular formula is C17H17Cl2N3O3S. The third kappa shape index (κ3) is 5.35. The molecule has 0 atom stereocenters. The molecule has 1 aromatic heterocycles. The number of nitrogens with one attached hydrogen (secondary N) is 1. The van der Waals surface area contributed by atoms with Gasteiger partial charge >= 0.3 is 0 Å². The molecule has 26 heavy (non-hydrogen) atoms. The Bertz CT molecular complexity index is 791. The van der Waals surface area contributed by atoms with Gasteiger partial charge in [0.1, 0.15) is 5.75 Å². The number of carbonyl (C=O) groups excluding carboxylic acids is 1. The fourth-order valence-corrected chi connectivity index (χ4v) is 3.69. The van der Waals surface area contributed by atoms with E-state index in [1.807, 2.05) is 12.1 Å². The number of benzene rings is 1. The third-order valence-electron chi connectivity index (χ3n) is 3.57. The molecule has 2 heterocycles. The smallest absolute Gasteiger partial charge is 0.277 e. The molecule has 6 nitrogen and oxygen atoms in total. The number of hydrogen-bond donors (Lipinski definition) is 1. The summed E-state index contributed by atoms with van der Waals surface area (Å²) < 4.78 is 10.7. The first-order valence-corrected chi connectivity index (χ1v) is 9.51. The van der Waals surface area contributed by atoms with Crippen LogP contribution in [0.1, 0.15) is 4.88 Å². The summed E-state index contributed by atoms with van der Waals surface area (Å²) in [6.07, 6.45) is 1.61. The van der Waals surface area contributed by atoms with Gasteiger partial charge in [0, 0.05) is 23.0 Å². The summed E-state index contributed by atoms with van der Waals surface area (Å²) >= 11 is 13.4. The monoisotopic (exact) mass is 413 g/mol. The summed E-state index contributed by atoms with van der Waals surface area (Å²) in [5, 5.41) is 5.98. The zero-order chi connectivity index (χ0) is 18.4. The van der Waals surface area contributed by atoms with E-state index >= 15 is 0 Å². The highest BCUT2D eigenvalue weighted by Gasteiger charge is 2.12. The third-order valence-corrected chi connectivity index (χ3v) is 5.18. The van der Waals surface area contributed by atoms with E-state index in [1.165, 1.54) is 5.00 Å². The van der Waals surface area contributed by atoms with Crippen LogP contribution < -0.4 is 15.1 Å². The van der Waals surface area contributed by atoms with E-state index < -0.39 is 0 Å². The van der Waals surface area contributed by atoms with Crippen LogP contribution in [0.2, 0.25) is 10.0 Å². The minimum absolute atomic E-state index is 0.192. The first-order valence-electron chi connectivity index (χ1n) is 7.94. The number of hydrogen-bond acceptors (Lipinski definition) is 6. The van der Waals surface area contributed by atoms with Crippen LogP contribution in [0, 0.1) is 0 Å². The summed E-state index contributed by atoms with van der Waals surface area (Å²) in [6.45, 7) is 3.07. The van der Waals surface area contributed by atoms with Crippen molar-refractivity contribution < 1.29 is 14.3 Å². The van der Waals surface area contributed by atoms with Gasteiger partial charge in [0.15, 0.2) is 6.61 Å². The molecule has 1 fully saturated rings. The molecule has 1 saturated heterocycles. The number of rotatable bonds is 6. The predicted molar refractivity (Wildman–Crippen MR) is 105 cm³/mol. The lowest BCUT2D eigenvalue weighted by atomic mass is 10.3. The van der Waals surface area contributed by atoms with Gasteiger partial charge in [-0.1, -0.05) is 23.2 Å². The molecule has 0 radical (unpaired) electrons. The van der Waals surface area contributed by atoms with Crippen molar-refractivity contribution in [3.63, 3.8) is 0 Å². The van der Waals surface area contributed by atoms with Crippen molar-refractivity contribution in [2.24, 2.45) is 5.10 Å². The Morgan fingerprint density at radius 2 is 2.12 bits per heavy atom. The van der Waals surface area contributed by atoms with Crippen LogP contribution in [0.3, 0.4) is 0 Å². The second kappa shape index (κ2) is 9.23. The minimum Gasteiger partial charge on any atom is -0.482 e. The molecule has 0 aliphatic carbocycles. The maximum absolute atomic E-state index is 11.8. The van der Waals surface area contributed by atoms with Crippen LogP contribution in [0.25, 0.3) is 0 Å². The van der Waals surface area contributed by atoms with Crippen molar-refractivity contribution in [3.8, 4) is 5.75 Å². The Balaban J connectivity index is 1.46. The summed E-state index contributed by atoms with van der Waals surface area (Å²) in [5.74, 6) is 0.0147. The zero-order valence-electron chi connectivity index (χ0n) is 13.8. The fraction of sp³-hybridized carbons (Fsp3) is 0.294. The number of nitrogens with zero attached hydrogens (tertiary/aromatic N) is 2. The summed E-state index contributed by atoms with van der Waals surface area (Å²) in [6, 6.07) is 8.82. The van der Waals surface area contributed by atoms with Gasteiger partial charge in [-0.05, 0) is 30.3 Å². The number of amides is 1. The normalized spacial score (nSPS) is 14.6. The summed E-state index contributed by atoms with van der Waals surface area (Å²) in [5.41, 5.74) is 2.43. The van der Waals surface area contributed by atoms with Crippen LogP contribution in [-0.4, -0.2) is 45.0 Å². The van der Waals surface area contributed by atoms with Crippen LogP contribution in [0.4, 0.5) is 5.00 Å². The van der Waals surface area contributed by atoms with E-state index in [-0.39, 0.29) is 12.5 Å². The van der Waals surface area contributed by atoms with E-state index in [9.17, 15) is 4.79 Å². The molecule has 9 heteroatoms. The molecule has 1 aliphatic rings. The lowest BCUT2D eigenvalue weighted by Gasteiger charge is -2.27. The van der Waals surface area contributed by atoms with E-state index in [4.69, 9.17) is 32.7 Å². The second-order valence-electron chi connectivity index (χ2n) is 5.43. The van der Waals surface area contributed by atoms with Crippen molar-refractivity contribution in [3.05, 3.63) is 45.3 Å². The molecule has 0 saturated carbocycles. The van der Waals surface area contributed by atoms with Gasteiger partial charge in [-0.2, -0.15) is 5.10 Å². The second-order valence-corrected chi connectivity index (χ2v) is 7.37. The average molecular weight is 414 g/mol. The number of anilines is 1. The molecule has 138 valence electrons. The first-order chi connectivity index (χ1) is 12.6. The SMILES string of the molecule is O=C(COc1ccc(Cl)cc1Cl)N/N=C\c1ccc(N2CCOCC2)s1. The highest BCUT2D eigenvalue weighted by Crippen LogP contribution is 2.27. The van der Waals surface area contributed by atoms with Gasteiger partial charge < -0.3 is 14.4 Å². The molecule has 3 rings (SSSR count). The number of hydrazone groups is 1. The van der Waals surface area contributed by atoms with Crippen molar-refractivity contribution in [1.82, 2.24) is 5.43 Å². The van der Waals surface area contributed by atoms with Crippen molar-refractivity contribution >= 4 is 51.7 Å². The van der Waals surface area contributed by atoms with E-state index in [1.54, 1.807) is 35.8 Å². The van der Waals surface area contributed by atoms with Crippen LogP contribution in [-0.2, 0) is 9.53 Å². The standard InChI is InChI=1S/C17H17Cl2N3O3S/c18-12-1-3-15(14(19)9-12)25-11-16(23)21-20-10-13-2-4-17(26-13)22-5-7-24-8-6-22/h1-4,9-10H,5-8,11H2,(H,21,23)/b20-10-. The lowest BCUT2D eigenvalue weighted by molar-refractivity contribution is -0.123. The van der Waals surface area contributed by atoms with Gasteiger partial charge in [0.2, 0.25) is 0 Å². The zero-order valence-corrected chi connectivity index (χ0v) is 16.1. The van der Waals surface area contributed by atoms with Crippen molar-refractivity contribution in [2.75, 3.05) is 37.8 Å². The molecule has 0 spiro atoms. The van der Waals surface area contributed by atoms with Crippen LogP contribution >= 0.6 is 34.5 Å². The topological polar surface area (TPSA) is 63.2 Å². The number of thiophene rings is 1. The maximum atomic E-state index is 11.8. The van der Waals surface area contributed by atoms with Gasteiger partial charge in [-0.25, -0.2) is 5.43 Å². The molecule has 1 amide bonds. The highest BCUT2D eigenvalue weighted by atomic mass is 35.5. The molecule has 1 N–H and O–H groups in total. The average Bonchev–Trinajstić information content (AvgIpc) is 3.11. The Morgan fingerprint density at radius 3 is 2.88 bits per heavy atom. The lowest BCUT2D eigenvalue weighted by Crippen LogP contribution is -2.35. The summed E-state index contributed by atoms with van der Waals surface area (Å²) in [7, 11) is 0. The van der Waals surface area contributed by atoms with Crippen LogP contribution in [0.15, 0.2) is 35.4 Å². The molecule has 0 unspecified atom stereocenters. The quantitative estimate of drug-likeness (QED) is 0.581.